The number of thioether (sulfide) groups is 1. The van der Waals surface area contributed by atoms with Crippen molar-refractivity contribution >= 4 is 22.7 Å². The van der Waals surface area contributed by atoms with Crippen LogP contribution >= 0.6 is 11.8 Å². The van der Waals surface area contributed by atoms with E-state index in [-0.39, 0.29) is 12.4 Å². The van der Waals surface area contributed by atoms with E-state index in [0.29, 0.717) is 21.8 Å². The highest BCUT2D eigenvalue weighted by Crippen LogP contribution is 2.34. The highest BCUT2D eigenvalue weighted by molar-refractivity contribution is 7.98. The van der Waals surface area contributed by atoms with Gasteiger partial charge in [0.05, 0.1) is 16.6 Å². The molecule has 0 unspecified atom stereocenters. The number of rotatable bonds is 4. The van der Waals surface area contributed by atoms with Crippen LogP contribution in [-0.2, 0) is 5.75 Å². The highest BCUT2D eigenvalue weighted by Gasteiger charge is 2.18. The van der Waals surface area contributed by atoms with Crippen molar-refractivity contribution in [2.45, 2.75) is 24.8 Å². The van der Waals surface area contributed by atoms with Gasteiger partial charge in [0.1, 0.15) is 0 Å². The van der Waals surface area contributed by atoms with Gasteiger partial charge in [-0.1, -0.05) is 48.2 Å². The standard InChI is InChI=1S/C24H20N2O3S/c1-15-6-5-7-16(2)22(15)26-23(27)18-8-3-4-9-19(18)25-24(26)30-13-17-10-11-20-21(12-17)29-14-28-20/h3-12H,13-14H2,1-2H3. The van der Waals surface area contributed by atoms with E-state index in [1.165, 1.54) is 0 Å². The van der Waals surface area contributed by atoms with Crippen molar-refractivity contribution in [1.29, 1.82) is 0 Å². The lowest BCUT2D eigenvalue weighted by atomic mass is 10.1. The predicted molar refractivity (Wildman–Crippen MR) is 119 cm³/mol. The zero-order valence-corrected chi connectivity index (χ0v) is 17.5. The summed E-state index contributed by atoms with van der Waals surface area (Å²) in [5.74, 6) is 2.18. The minimum atomic E-state index is -0.0498. The molecule has 1 aliphatic heterocycles. The van der Waals surface area contributed by atoms with Gasteiger partial charge >= 0.3 is 0 Å². The molecule has 5 nitrogen and oxygen atoms in total. The molecular weight excluding hydrogens is 396 g/mol. The molecule has 4 aromatic rings. The zero-order valence-electron chi connectivity index (χ0n) is 16.7. The zero-order chi connectivity index (χ0) is 20.7. The molecule has 0 saturated heterocycles. The van der Waals surface area contributed by atoms with E-state index in [2.05, 4.69) is 0 Å². The molecule has 2 heterocycles. The quantitative estimate of drug-likeness (QED) is 0.345. The Hall–Kier alpha value is -3.25. The molecule has 1 aromatic heterocycles. The normalized spacial score (nSPS) is 12.5. The maximum Gasteiger partial charge on any atom is 0.266 e. The SMILES string of the molecule is Cc1cccc(C)c1-n1c(SCc2ccc3c(c2)OCO3)nc2ccccc2c1=O. The Balaban J connectivity index is 1.62. The Morgan fingerprint density at radius 1 is 0.967 bits per heavy atom. The third-order valence-corrected chi connectivity index (χ3v) is 6.22. The van der Waals surface area contributed by atoms with Crippen molar-refractivity contribution in [3.05, 3.63) is 87.7 Å². The number of hydrogen-bond donors (Lipinski definition) is 0. The average Bonchev–Trinajstić information content (AvgIpc) is 3.22. The van der Waals surface area contributed by atoms with Crippen molar-refractivity contribution in [3.63, 3.8) is 0 Å². The lowest BCUT2D eigenvalue weighted by molar-refractivity contribution is 0.174. The first-order valence-corrected chi connectivity index (χ1v) is 10.7. The molecular formula is C24H20N2O3S. The topological polar surface area (TPSA) is 53.4 Å². The summed E-state index contributed by atoms with van der Waals surface area (Å²) in [5, 5.41) is 1.29. The summed E-state index contributed by atoms with van der Waals surface area (Å²) in [6.07, 6.45) is 0. The molecule has 0 aliphatic carbocycles. The molecule has 0 spiro atoms. The number of aromatic nitrogens is 2. The fraction of sp³-hybridized carbons (Fsp3) is 0.167. The van der Waals surface area contributed by atoms with Crippen molar-refractivity contribution in [3.8, 4) is 17.2 Å². The van der Waals surface area contributed by atoms with Crippen molar-refractivity contribution in [2.24, 2.45) is 0 Å². The van der Waals surface area contributed by atoms with Crippen LogP contribution in [0.4, 0.5) is 0 Å². The number of benzene rings is 3. The summed E-state index contributed by atoms with van der Waals surface area (Å²) in [5.41, 5.74) is 4.72. The van der Waals surface area contributed by atoms with Crippen molar-refractivity contribution < 1.29 is 9.47 Å². The van der Waals surface area contributed by atoms with Crippen LogP contribution in [0.25, 0.3) is 16.6 Å². The van der Waals surface area contributed by atoms with Crippen LogP contribution in [0.5, 0.6) is 11.5 Å². The maximum absolute atomic E-state index is 13.5. The monoisotopic (exact) mass is 416 g/mol. The number of nitrogens with zero attached hydrogens (tertiary/aromatic N) is 2. The van der Waals surface area contributed by atoms with Crippen molar-refractivity contribution in [2.75, 3.05) is 6.79 Å². The second-order valence-corrected chi connectivity index (χ2v) is 8.21. The first kappa shape index (κ1) is 18.8. The summed E-state index contributed by atoms with van der Waals surface area (Å²) in [6, 6.07) is 19.5. The Bertz CT molecular complexity index is 1310. The first-order chi connectivity index (χ1) is 14.6. The van der Waals surface area contributed by atoms with E-state index in [1.54, 1.807) is 16.3 Å². The average molecular weight is 417 g/mol. The molecule has 30 heavy (non-hydrogen) atoms. The van der Waals surface area contributed by atoms with Gasteiger partial charge in [0.25, 0.3) is 5.56 Å². The van der Waals surface area contributed by atoms with Gasteiger partial charge in [-0.25, -0.2) is 4.98 Å². The summed E-state index contributed by atoms with van der Waals surface area (Å²) in [4.78, 5) is 18.3. The summed E-state index contributed by atoms with van der Waals surface area (Å²) in [6.45, 7) is 4.30. The van der Waals surface area contributed by atoms with Crippen LogP contribution in [0.3, 0.4) is 0 Å². The van der Waals surface area contributed by atoms with E-state index >= 15 is 0 Å². The molecule has 0 saturated carbocycles. The van der Waals surface area contributed by atoms with Crippen LogP contribution in [0.2, 0.25) is 0 Å². The summed E-state index contributed by atoms with van der Waals surface area (Å²) < 4.78 is 12.6. The minimum Gasteiger partial charge on any atom is -0.454 e. The smallest absolute Gasteiger partial charge is 0.266 e. The molecule has 3 aromatic carbocycles. The molecule has 0 fully saturated rings. The molecule has 6 heteroatoms. The van der Waals surface area contributed by atoms with Crippen LogP contribution in [0.15, 0.2) is 70.6 Å². The Morgan fingerprint density at radius 2 is 1.73 bits per heavy atom. The van der Waals surface area contributed by atoms with Gasteiger partial charge in [0, 0.05) is 5.75 Å². The number of aryl methyl sites for hydroxylation is 2. The maximum atomic E-state index is 13.5. The fourth-order valence-electron chi connectivity index (χ4n) is 3.74. The lowest BCUT2D eigenvalue weighted by Gasteiger charge is -2.17. The molecule has 150 valence electrons. The third kappa shape index (κ3) is 3.23. The van der Waals surface area contributed by atoms with Gasteiger partial charge in [-0.3, -0.25) is 9.36 Å². The van der Waals surface area contributed by atoms with Crippen LogP contribution in [0.1, 0.15) is 16.7 Å². The minimum absolute atomic E-state index is 0.0498. The molecule has 1 aliphatic rings. The summed E-state index contributed by atoms with van der Waals surface area (Å²) >= 11 is 1.54. The molecule has 5 rings (SSSR count). The number of hydrogen-bond acceptors (Lipinski definition) is 5. The van der Waals surface area contributed by atoms with E-state index in [1.807, 2.05) is 74.5 Å². The van der Waals surface area contributed by atoms with Crippen LogP contribution in [0, 0.1) is 13.8 Å². The third-order valence-electron chi connectivity index (χ3n) is 5.21. The Morgan fingerprint density at radius 3 is 2.57 bits per heavy atom. The second-order valence-electron chi connectivity index (χ2n) is 7.27. The van der Waals surface area contributed by atoms with Crippen LogP contribution in [-0.4, -0.2) is 16.3 Å². The number of para-hydroxylation sites is 2. The number of ether oxygens (including phenoxy) is 2. The number of fused-ring (bicyclic) bond motifs is 2. The van der Waals surface area contributed by atoms with Crippen LogP contribution < -0.4 is 15.0 Å². The second kappa shape index (κ2) is 7.54. The predicted octanol–water partition coefficient (Wildman–Crippen LogP) is 5.02. The van der Waals surface area contributed by atoms with Gasteiger partial charge in [-0.05, 0) is 54.8 Å². The van der Waals surface area contributed by atoms with E-state index < -0.39 is 0 Å². The van der Waals surface area contributed by atoms with Gasteiger partial charge in [0.15, 0.2) is 16.7 Å². The molecule has 0 atom stereocenters. The van der Waals surface area contributed by atoms with E-state index in [4.69, 9.17) is 14.5 Å². The molecule has 0 amide bonds. The van der Waals surface area contributed by atoms with Gasteiger partial charge in [-0.2, -0.15) is 0 Å². The lowest BCUT2D eigenvalue weighted by Crippen LogP contribution is -2.23. The highest BCUT2D eigenvalue weighted by atomic mass is 32.2. The molecule has 0 radical (unpaired) electrons. The first-order valence-electron chi connectivity index (χ1n) is 9.71. The van der Waals surface area contributed by atoms with Crippen molar-refractivity contribution in [1.82, 2.24) is 9.55 Å². The van der Waals surface area contributed by atoms with Gasteiger partial charge in [0.2, 0.25) is 6.79 Å². The molecule has 0 N–H and O–H groups in total. The Labute approximate surface area is 178 Å². The van der Waals surface area contributed by atoms with Gasteiger partial charge < -0.3 is 9.47 Å². The van der Waals surface area contributed by atoms with E-state index in [0.717, 1.165) is 33.9 Å². The van der Waals surface area contributed by atoms with E-state index in [9.17, 15) is 4.79 Å². The Kier molecular flexibility index (Phi) is 4.71. The summed E-state index contributed by atoms with van der Waals surface area (Å²) in [7, 11) is 0. The largest absolute Gasteiger partial charge is 0.454 e. The molecule has 0 bridgehead atoms. The fourth-order valence-corrected chi connectivity index (χ4v) is 4.68. The van der Waals surface area contributed by atoms with Gasteiger partial charge in [-0.15, -0.1) is 0 Å².